The van der Waals surface area contributed by atoms with E-state index in [0.29, 0.717) is 45.4 Å². The van der Waals surface area contributed by atoms with E-state index in [9.17, 15) is 24.6 Å². The van der Waals surface area contributed by atoms with Gasteiger partial charge in [-0.3, -0.25) is 19.3 Å². The summed E-state index contributed by atoms with van der Waals surface area (Å²) in [6.45, 7) is 7.81. The zero-order chi connectivity index (χ0) is 41.6. The van der Waals surface area contributed by atoms with Gasteiger partial charge in [-0.2, -0.15) is 0 Å². The molecule has 11 heteroatoms. The molecular formula is C45H85B2NO8. The van der Waals surface area contributed by atoms with Gasteiger partial charge in [0.2, 0.25) is 0 Å². The Balaban J connectivity index is 4.54. The number of ether oxygens (including phenoxy) is 3. The number of rotatable bonds is 43. The lowest BCUT2D eigenvalue weighted by molar-refractivity contribution is -0.246. The van der Waals surface area contributed by atoms with Crippen molar-refractivity contribution >= 4 is 34.1 Å². The van der Waals surface area contributed by atoms with Crippen molar-refractivity contribution in [3.63, 3.8) is 0 Å². The van der Waals surface area contributed by atoms with Gasteiger partial charge in [-0.15, -0.1) is 0 Å². The maximum Gasteiger partial charge on any atom is 0.306 e. The highest BCUT2D eigenvalue weighted by atomic mass is 16.7. The van der Waals surface area contributed by atoms with Gasteiger partial charge in [0.25, 0.3) is 6.47 Å². The van der Waals surface area contributed by atoms with Crippen LogP contribution in [0.5, 0.6) is 0 Å². The Labute approximate surface area is 346 Å². The van der Waals surface area contributed by atoms with Crippen LogP contribution in [0.3, 0.4) is 0 Å². The van der Waals surface area contributed by atoms with E-state index in [4.69, 9.17) is 25.2 Å². The smallest absolute Gasteiger partial charge is 0.306 e. The van der Waals surface area contributed by atoms with Crippen LogP contribution in [-0.2, 0) is 28.6 Å². The Morgan fingerprint density at radius 1 is 0.554 bits per heavy atom. The molecular weight excluding hydrogens is 704 g/mol. The van der Waals surface area contributed by atoms with Crippen LogP contribution in [0.1, 0.15) is 233 Å². The highest BCUT2D eigenvalue weighted by molar-refractivity contribution is 6.24. The standard InChI is InChI=1S/C45H85B2NO8/c1-4-7-10-13-16-25-32-39-54-42(50)35-28-21-17-23-30-37-48(44(46,52)45(47,53)55-40-49)38-31-24-18-22-29-36-43(51)56-41(33-26-19-14-11-8-5-2)34-27-20-15-12-9-6-3/h40-41,52-53H,4-39H2,1-3H3. The highest BCUT2D eigenvalue weighted by Crippen LogP contribution is 2.24. The quantitative estimate of drug-likeness (QED) is 0.0155. The van der Waals surface area contributed by atoms with Gasteiger partial charge in [-0.1, -0.05) is 162 Å². The van der Waals surface area contributed by atoms with E-state index in [2.05, 4.69) is 25.5 Å². The van der Waals surface area contributed by atoms with E-state index in [1.807, 2.05) is 0 Å². The number of aliphatic hydroxyl groups is 2. The van der Waals surface area contributed by atoms with Crippen molar-refractivity contribution in [2.75, 3.05) is 19.7 Å². The number of unbranched alkanes of at least 4 members (excludes halogenated alkanes) is 24. The summed E-state index contributed by atoms with van der Waals surface area (Å²) in [5, 5.41) is 21.5. The predicted molar refractivity (Wildman–Crippen MR) is 230 cm³/mol. The first-order valence-electron chi connectivity index (χ1n) is 23.3. The lowest BCUT2D eigenvalue weighted by Gasteiger charge is -2.46. The third kappa shape index (κ3) is 30.5. The molecule has 2 unspecified atom stereocenters. The summed E-state index contributed by atoms with van der Waals surface area (Å²) in [6.07, 6.45) is 33.9. The predicted octanol–water partition coefficient (Wildman–Crippen LogP) is 10.5. The first kappa shape index (κ1) is 54.4. The SMILES string of the molecule is [B]C(O)(OC=O)C([B])(O)N(CCCCCCCC(=O)OCCCCCCCCC)CCCCCCCC(=O)OC(CCCCCCCC)CCCCCCCC. The van der Waals surface area contributed by atoms with Crippen molar-refractivity contribution in [1.29, 1.82) is 0 Å². The minimum Gasteiger partial charge on any atom is -0.466 e. The number of carbonyl (C=O) groups excluding carboxylic acids is 3. The van der Waals surface area contributed by atoms with Crippen molar-refractivity contribution < 1.29 is 38.8 Å². The minimum atomic E-state index is -2.79. The minimum absolute atomic E-state index is 0.0263. The molecule has 4 radical (unpaired) electrons. The van der Waals surface area contributed by atoms with Crippen molar-refractivity contribution in [3.05, 3.63) is 0 Å². The second kappa shape index (κ2) is 37.7. The fourth-order valence-electron chi connectivity index (χ4n) is 7.17. The number of nitrogens with zero attached hydrogens (tertiary/aromatic N) is 1. The summed E-state index contributed by atoms with van der Waals surface area (Å²) in [5.74, 6) is -0.235. The van der Waals surface area contributed by atoms with Gasteiger partial charge < -0.3 is 24.4 Å². The van der Waals surface area contributed by atoms with Crippen molar-refractivity contribution in [3.8, 4) is 0 Å². The summed E-state index contributed by atoms with van der Waals surface area (Å²) in [7, 11) is 11.8. The number of hydrogen-bond acceptors (Lipinski definition) is 9. The molecule has 0 saturated carbocycles. The van der Waals surface area contributed by atoms with Crippen molar-refractivity contribution in [2.45, 2.75) is 250 Å². The number of carbonyl (C=O) groups is 3. The molecule has 0 bridgehead atoms. The fraction of sp³-hybridized carbons (Fsp3) is 0.933. The molecule has 324 valence electrons. The molecule has 0 saturated heterocycles. The van der Waals surface area contributed by atoms with Gasteiger partial charge in [-0.05, 0) is 57.8 Å². The van der Waals surface area contributed by atoms with Gasteiger partial charge in [0.15, 0.2) is 13.5 Å². The molecule has 0 spiro atoms. The lowest BCUT2D eigenvalue weighted by Crippen LogP contribution is -2.67. The van der Waals surface area contributed by atoms with E-state index in [1.54, 1.807) is 0 Å². The molecule has 0 rings (SSSR count). The Bertz CT molecular complexity index is 907. The Morgan fingerprint density at radius 2 is 0.929 bits per heavy atom. The van der Waals surface area contributed by atoms with Crippen LogP contribution in [-0.4, -0.2) is 86.3 Å². The summed E-state index contributed by atoms with van der Waals surface area (Å²) >= 11 is 0. The zero-order valence-corrected chi connectivity index (χ0v) is 36.6. The van der Waals surface area contributed by atoms with Crippen LogP contribution in [0.2, 0.25) is 0 Å². The van der Waals surface area contributed by atoms with E-state index in [1.165, 1.54) is 101 Å². The van der Waals surface area contributed by atoms with E-state index < -0.39 is 11.3 Å². The van der Waals surface area contributed by atoms with Crippen molar-refractivity contribution in [2.24, 2.45) is 0 Å². The van der Waals surface area contributed by atoms with Crippen LogP contribution < -0.4 is 0 Å². The van der Waals surface area contributed by atoms with E-state index >= 15 is 0 Å². The second-order valence-corrected chi connectivity index (χ2v) is 16.2. The van der Waals surface area contributed by atoms with Gasteiger partial charge >= 0.3 is 11.9 Å². The average Bonchev–Trinajstić information content (AvgIpc) is 3.16. The molecule has 0 heterocycles. The summed E-state index contributed by atoms with van der Waals surface area (Å²) in [6, 6.07) is 0. The largest absolute Gasteiger partial charge is 0.466 e. The van der Waals surface area contributed by atoms with E-state index in [-0.39, 0.29) is 24.5 Å². The van der Waals surface area contributed by atoms with Crippen molar-refractivity contribution in [1.82, 2.24) is 4.90 Å². The second-order valence-electron chi connectivity index (χ2n) is 16.2. The Morgan fingerprint density at radius 3 is 1.38 bits per heavy atom. The Kier molecular flexibility index (Phi) is 36.6. The monoisotopic (exact) mass is 790 g/mol. The maximum absolute atomic E-state index is 12.8. The average molecular weight is 790 g/mol. The maximum atomic E-state index is 12.8. The summed E-state index contributed by atoms with van der Waals surface area (Å²) < 4.78 is 15.9. The topological polar surface area (TPSA) is 123 Å². The molecule has 0 amide bonds. The molecule has 0 aromatic heterocycles. The van der Waals surface area contributed by atoms with Crippen LogP contribution in [0.25, 0.3) is 0 Å². The molecule has 0 aliphatic rings. The van der Waals surface area contributed by atoms with Gasteiger partial charge in [0, 0.05) is 25.9 Å². The molecule has 2 N–H and O–H groups in total. The van der Waals surface area contributed by atoms with E-state index in [0.717, 1.165) is 89.9 Å². The molecule has 0 aliphatic carbocycles. The summed E-state index contributed by atoms with van der Waals surface area (Å²) in [4.78, 5) is 37.3. The first-order chi connectivity index (χ1) is 27.0. The van der Waals surface area contributed by atoms with Gasteiger partial charge in [-0.25, -0.2) is 0 Å². The molecule has 2 atom stereocenters. The van der Waals surface area contributed by atoms with Crippen LogP contribution in [0, 0.1) is 0 Å². The highest BCUT2D eigenvalue weighted by Gasteiger charge is 2.46. The van der Waals surface area contributed by atoms with Crippen LogP contribution >= 0.6 is 0 Å². The van der Waals surface area contributed by atoms with Gasteiger partial charge in [0.05, 0.1) is 6.61 Å². The molecule has 0 fully saturated rings. The normalized spacial score (nSPS) is 13.8. The third-order valence-electron chi connectivity index (χ3n) is 10.9. The van der Waals surface area contributed by atoms with Crippen LogP contribution in [0.4, 0.5) is 0 Å². The molecule has 0 aromatic carbocycles. The number of hydrogen-bond donors (Lipinski definition) is 2. The fourth-order valence-corrected chi connectivity index (χ4v) is 7.17. The van der Waals surface area contributed by atoms with Gasteiger partial charge in [0.1, 0.15) is 19.6 Å². The number of esters is 2. The summed E-state index contributed by atoms with van der Waals surface area (Å²) in [5.41, 5.74) is -5.27. The molecule has 0 aromatic rings. The lowest BCUT2D eigenvalue weighted by atomic mass is 9.70. The zero-order valence-electron chi connectivity index (χ0n) is 36.6. The molecule has 9 nitrogen and oxygen atoms in total. The molecule has 56 heavy (non-hydrogen) atoms. The first-order valence-corrected chi connectivity index (χ1v) is 23.3. The third-order valence-corrected chi connectivity index (χ3v) is 10.9. The molecule has 0 aliphatic heterocycles. The Hall–Kier alpha value is -1.58. The van der Waals surface area contributed by atoms with Crippen LogP contribution in [0.15, 0.2) is 0 Å².